The van der Waals surface area contributed by atoms with Crippen LogP contribution in [-0.2, 0) is 18.6 Å². The van der Waals surface area contributed by atoms with Gasteiger partial charge in [-0.3, -0.25) is 0 Å². The summed E-state index contributed by atoms with van der Waals surface area (Å²) in [6.45, 7) is 13.5. The summed E-state index contributed by atoms with van der Waals surface area (Å²) in [4.78, 5) is 11.9. The molecule has 9 heteroatoms. The fraction of sp³-hybridized carbons (Fsp3) is 0.714. The lowest BCUT2D eigenvalue weighted by atomic mass is 9.82. The molecule has 1 aromatic rings. The number of aromatic nitrogens is 2. The minimum absolute atomic E-state index is 0.131. The minimum Gasteiger partial charge on any atom is -0.494 e. The van der Waals surface area contributed by atoms with E-state index >= 15 is 0 Å². The summed E-state index contributed by atoms with van der Waals surface area (Å²) < 4.78 is 23.3. The zero-order chi connectivity index (χ0) is 17.5. The molecule has 0 spiro atoms. The molecule has 0 radical (unpaired) electrons. The van der Waals surface area contributed by atoms with Crippen LogP contribution in [0.3, 0.4) is 0 Å². The van der Waals surface area contributed by atoms with E-state index in [1.807, 2.05) is 48.5 Å². The van der Waals surface area contributed by atoms with Crippen molar-refractivity contribution in [2.24, 2.45) is 0 Å². The fourth-order valence-electron chi connectivity index (χ4n) is 1.86. The lowest BCUT2D eigenvalue weighted by Gasteiger charge is -2.32. The first-order chi connectivity index (χ1) is 10.4. The largest absolute Gasteiger partial charge is 0.510 e. The van der Waals surface area contributed by atoms with Gasteiger partial charge in [0.05, 0.1) is 11.2 Å². The Hall–Kier alpha value is -1.31. The van der Waals surface area contributed by atoms with Crippen LogP contribution in [0.5, 0.6) is 0 Å². The third-order valence-electron chi connectivity index (χ3n) is 3.99. The summed E-state index contributed by atoms with van der Waals surface area (Å²) >= 11 is 0. The lowest BCUT2D eigenvalue weighted by Crippen LogP contribution is -2.41. The summed E-state index contributed by atoms with van der Waals surface area (Å²) in [5.41, 5.74) is -0.600. The van der Waals surface area contributed by atoms with Crippen molar-refractivity contribution in [2.45, 2.75) is 65.3 Å². The van der Waals surface area contributed by atoms with Crippen molar-refractivity contribution in [2.75, 3.05) is 0 Å². The number of carbonyl (C=O) groups is 1. The Labute approximate surface area is 138 Å². The van der Waals surface area contributed by atoms with Crippen LogP contribution in [0.2, 0.25) is 0 Å². The van der Waals surface area contributed by atoms with Gasteiger partial charge in [0.1, 0.15) is 0 Å². The van der Waals surface area contributed by atoms with E-state index in [4.69, 9.17) is 18.6 Å². The molecule has 23 heavy (non-hydrogen) atoms. The Kier molecular flexibility index (Phi) is 4.67. The molecule has 0 amide bonds. The monoisotopic (exact) mass is 322 g/mol. The molecule has 0 aliphatic carbocycles. The fourth-order valence-corrected chi connectivity index (χ4v) is 1.86. The third-order valence-corrected chi connectivity index (χ3v) is 3.99. The summed E-state index contributed by atoms with van der Waals surface area (Å²) in [5.74, 6) is 0. The minimum atomic E-state index is -0.614. The molecule has 2 rings (SSSR count). The number of rotatable bonds is 3. The Morgan fingerprint density at radius 3 is 2.35 bits per heavy atom. The SMILES string of the molecule is CC(C)(C)OBOC(=O)n1cc(B2OC(C)(C)C(C)(C)O2)cn1. The van der Waals surface area contributed by atoms with Crippen LogP contribution in [0.4, 0.5) is 4.79 Å². The predicted octanol–water partition coefficient (Wildman–Crippen LogP) is 1.25. The van der Waals surface area contributed by atoms with E-state index in [1.165, 1.54) is 6.20 Å². The Bertz CT molecular complexity index is 564. The van der Waals surface area contributed by atoms with E-state index in [2.05, 4.69) is 5.10 Å². The second kappa shape index (κ2) is 5.96. The van der Waals surface area contributed by atoms with Gasteiger partial charge < -0.3 is 18.6 Å². The molecular formula is C14H24B2N2O5. The smallest absolute Gasteiger partial charge is 0.494 e. The van der Waals surface area contributed by atoms with Gasteiger partial charge in [-0.2, -0.15) is 9.78 Å². The molecule has 0 N–H and O–H groups in total. The first-order valence-electron chi connectivity index (χ1n) is 7.63. The van der Waals surface area contributed by atoms with E-state index in [9.17, 15) is 4.79 Å². The Morgan fingerprint density at radius 2 is 1.83 bits per heavy atom. The van der Waals surface area contributed by atoms with Crippen LogP contribution < -0.4 is 5.46 Å². The maximum absolute atomic E-state index is 11.9. The Balaban J connectivity index is 1.97. The van der Waals surface area contributed by atoms with Gasteiger partial charge in [-0.15, -0.1) is 0 Å². The van der Waals surface area contributed by atoms with Gasteiger partial charge in [0.25, 0.3) is 0 Å². The van der Waals surface area contributed by atoms with Gasteiger partial charge >= 0.3 is 20.9 Å². The quantitative estimate of drug-likeness (QED) is 0.780. The molecule has 1 fully saturated rings. The van der Waals surface area contributed by atoms with E-state index < -0.39 is 24.4 Å². The topological polar surface area (TPSA) is 71.8 Å². The molecule has 1 aliphatic heterocycles. The van der Waals surface area contributed by atoms with Gasteiger partial charge in [-0.05, 0) is 48.5 Å². The highest BCUT2D eigenvalue weighted by Gasteiger charge is 2.52. The molecule has 0 atom stereocenters. The van der Waals surface area contributed by atoms with Gasteiger partial charge in [0, 0.05) is 23.5 Å². The van der Waals surface area contributed by atoms with E-state index in [0.29, 0.717) is 5.46 Å². The van der Waals surface area contributed by atoms with Crippen molar-refractivity contribution in [3.05, 3.63) is 12.4 Å². The average molecular weight is 322 g/mol. The molecule has 2 heterocycles. The number of hydrogen-bond donors (Lipinski definition) is 0. The normalized spacial score (nSPS) is 19.7. The van der Waals surface area contributed by atoms with Crippen LogP contribution in [-0.4, -0.2) is 47.5 Å². The molecule has 0 bridgehead atoms. The van der Waals surface area contributed by atoms with Gasteiger partial charge in [0.15, 0.2) is 0 Å². The van der Waals surface area contributed by atoms with Crippen molar-refractivity contribution < 1.29 is 23.4 Å². The van der Waals surface area contributed by atoms with Crippen LogP contribution in [0.15, 0.2) is 12.4 Å². The maximum Gasteiger partial charge on any atom is 0.510 e. The van der Waals surface area contributed by atoms with Gasteiger partial charge in [-0.25, -0.2) is 4.79 Å². The van der Waals surface area contributed by atoms with E-state index in [-0.39, 0.29) is 13.3 Å². The number of nitrogens with zero attached hydrogens (tertiary/aromatic N) is 2. The van der Waals surface area contributed by atoms with Crippen LogP contribution in [0.1, 0.15) is 48.5 Å². The Morgan fingerprint density at radius 1 is 1.26 bits per heavy atom. The van der Waals surface area contributed by atoms with Gasteiger partial charge in [-0.1, -0.05) is 0 Å². The molecule has 1 saturated heterocycles. The molecule has 1 aromatic heterocycles. The van der Waals surface area contributed by atoms with Crippen LogP contribution in [0.25, 0.3) is 0 Å². The lowest BCUT2D eigenvalue weighted by molar-refractivity contribution is 0.00578. The summed E-state index contributed by atoms with van der Waals surface area (Å²) in [6, 6.07) is 0. The van der Waals surface area contributed by atoms with Crippen molar-refractivity contribution >= 4 is 26.4 Å². The van der Waals surface area contributed by atoms with E-state index in [0.717, 1.165) is 4.68 Å². The standard InChI is InChI=1S/C14H24B2N2O5/c1-12(2,3)21-15-20-11(19)18-9-10(8-17-18)16-22-13(4,5)14(6,7)23-16/h8-9,15H,1-7H3. The second-order valence-electron chi connectivity index (χ2n) is 7.59. The number of carbonyl (C=O) groups excluding carboxylic acids is 1. The first kappa shape index (κ1) is 18.0. The second-order valence-corrected chi connectivity index (χ2v) is 7.59. The maximum atomic E-state index is 11.9. The van der Waals surface area contributed by atoms with Crippen molar-refractivity contribution in [1.29, 1.82) is 0 Å². The molecule has 0 unspecified atom stereocenters. The zero-order valence-corrected chi connectivity index (χ0v) is 14.9. The first-order valence-corrected chi connectivity index (χ1v) is 7.63. The van der Waals surface area contributed by atoms with Crippen molar-refractivity contribution in [3.63, 3.8) is 0 Å². The van der Waals surface area contributed by atoms with Crippen molar-refractivity contribution in [3.8, 4) is 0 Å². The zero-order valence-electron chi connectivity index (χ0n) is 14.9. The molecule has 0 saturated carbocycles. The summed E-state index contributed by atoms with van der Waals surface area (Å²) in [5, 5.41) is 4.00. The highest BCUT2D eigenvalue weighted by atomic mass is 16.7. The van der Waals surface area contributed by atoms with Gasteiger partial charge in [0.2, 0.25) is 0 Å². The molecule has 0 aromatic carbocycles. The molecule has 126 valence electrons. The average Bonchev–Trinajstić information content (AvgIpc) is 2.91. The molecular weight excluding hydrogens is 298 g/mol. The van der Waals surface area contributed by atoms with Crippen molar-refractivity contribution in [1.82, 2.24) is 9.78 Å². The summed E-state index contributed by atoms with van der Waals surface area (Å²) in [6.07, 6.45) is 2.47. The number of hydrogen-bond acceptors (Lipinski definition) is 6. The third kappa shape index (κ3) is 4.16. The summed E-state index contributed by atoms with van der Waals surface area (Å²) in [7, 11) is -0.694. The van der Waals surface area contributed by atoms with E-state index in [1.54, 1.807) is 6.20 Å². The predicted molar refractivity (Wildman–Crippen MR) is 87.8 cm³/mol. The highest BCUT2D eigenvalue weighted by Crippen LogP contribution is 2.36. The van der Waals surface area contributed by atoms with Crippen LogP contribution >= 0.6 is 0 Å². The van der Waals surface area contributed by atoms with Crippen LogP contribution in [0, 0.1) is 0 Å². The molecule has 7 nitrogen and oxygen atoms in total. The molecule has 1 aliphatic rings. The highest BCUT2D eigenvalue weighted by molar-refractivity contribution is 6.62.